The summed E-state index contributed by atoms with van der Waals surface area (Å²) >= 11 is 1.60. The number of carbonyl (C=O) groups is 1. The zero-order valence-corrected chi connectivity index (χ0v) is 18.3. The SMILES string of the molecule is Cc1ccc(S[C@@H](C)C(=O)N[C@H](C)c2ccc(N3CCC[C@@H](C)C3)cc2)cc1. The maximum Gasteiger partial charge on any atom is 0.233 e. The zero-order valence-electron chi connectivity index (χ0n) is 17.4. The first kappa shape index (κ1) is 20.8. The summed E-state index contributed by atoms with van der Waals surface area (Å²) in [5.74, 6) is 0.839. The lowest BCUT2D eigenvalue weighted by atomic mass is 9.99. The van der Waals surface area contributed by atoms with Crippen LogP contribution in [0.2, 0.25) is 0 Å². The number of amides is 1. The van der Waals surface area contributed by atoms with Crippen LogP contribution in [0.3, 0.4) is 0 Å². The van der Waals surface area contributed by atoms with Gasteiger partial charge in [-0.25, -0.2) is 0 Å². The van der Waals surface area contributed by atoms with E-state index in [0.29, 0.717) is 0 Å². The third kappa shape index (κ3) is 5.54. The number of anilines is 1. The van der Waals surface area contributed by atoms with E-state index in [4.69, 9.17) is 0 Å². The fraction of sp³-hybridized carbons (Fsp3) is 0.458. The summed E-state index contributed by atoms with van der Waals surface area (Å²) in [7, 11) is 0. The Morgan fingerprint density at radius 3 is 2.43 bits per heavy atom. The van der Waals surface area contributed by atoms with Crippen LogP contribution in [0.5, 0.6) is 0 Å². The second-order valence-corrected chi connectivity index (χ2v) is 9.50. The van der Waals surface area contributed by atoms with Crippen LogP contribution in [0.1, 0.15) is 50.8 Å². The van der Waals surface area contributed by atoms with Crippen LogP contribution in [0.4, 0.5) is 5.69 Å². The molecule has 1 amide bonds. The average Bonchev–Trinajstić information content (AvgIpc) is 2.69. The molecule has 1 fully saturated rings. The number of thioether (sulfide) groups is 1. The first-order valence-corrected chi connectivity index (χ1v) is 11.2. The van der Waals surface area contributed by atoms with Gasteiger partial charge in [0, 0.05) is 23.7 Å². The van der Waals surface area contributed by atoms with E-state index in [-0.39, 0.29) is 17.2 Å². The van der Waals surface area contributed by atoms with Gasteiger partial charge in [-0.2, -0.15) is 0 Å². The van der Waals surface area contributed by atoms with Crippen molar-refractivity contribution in [2.45, 2.75) is 56.7 Å². The monoisotopic (exact) mass is 396 g/mol. The van der Waals surface area contributed by atoms with Gasteiger partial charge in [-0.15, -0.1) is 11.8 Å². The molecule has 1 N–H and O–H groups in total. The number of nitrogens with one attached hydrogen (secondary N) is 1. The smallest absolute Gasteiger partial charge is 0.233 e. The predicted molar refractivity (Wildman–Crippen MR) is 120 cm³/mol. The van der Waals surface area contributed by atoms with Crippen molar-refractivity contribution in [3.05, 3.63) is 59.7 Å². The Morgan fingerprint density at radius 2 is 1.79 bits per heavy atom. The van der Waals surface area contributed by atoms with Gasteiger partial charge in [0.1, 0.15) is 0 Å². The number of benzene rings is 2. The van der Waals surface area contributed by atoms with Crippen molar-refractivity contribution in [1.29, 1.82) is 0 Å². The van der Waals surface area contributed by atoms with Crippen LogP contribution in [0, 0.1) is 12.8 Å². The van der Waals surface area contributed by atoms with Crippen LogP contribution < -0.4 is 10.2 Å². The van der Waals surface area contributed by atoms with Crippen molar-refractivity contribution in [1.82, 2.24) is 5.32 Å². The quantitative estimate of drug-likeness (QED) is 0.646. The highest BCUT2D eigenvalue weighted by Gasteiger charge is 2.19. The van der Waals surface area contributed by atoms with Gasteiger partial charge in [0.2, 0.25) is 5.91 Å². The third-order valence-corrected chi connectivity index (χ3v) is 6.59. The van der Waals surface area contributed by atoms with Gasteiger partial charge < -0.3 is 10.2 Å². The molecule has 0 saturated carbocycles. The number of piperidine rings is 1. The summed E-state index contributed by atoms with van der Waals surface area (Å²) in [4.78, 5) is 16.2. The van der Waals surface area contributed by atoms with E-state index >= 15 is 0 Å². The molecule has 2 aromatic carbocycles. The van der Waals surface area contributed by atoms with Gasteiger partial charge in [-0.1, -0.05) is 36.8 Å². The highest BCUT2D eigenvalue weighted by atomic mass is 32.2. The molecule has 28 heavy (non-hydrogen) atoms. The van der Waals surface area contributed by atoms with E-state index < -0.39 is 0 Å². The lowest BCUT2D eigenvalue weighted by Crippen LogP contribution is -2.34. The summed E-state index contributed by atoms with van der Waals surface area (Å²) in [5.41, 5.74) is 3.67. The van der Waals surface area contributed by atoms with Crippen LogP contribution >= 0.6 is 11.8 Å². The molecule has 1 saturated heterocycles. The summed E-state index contributed by atoms with van der Waals surface area (Å²) in [6.07, 6.45) is 2.60. The summed E-state index contributed by atoms with van der Waals surface area (Å²) in [6, 6.07) is 17.0. The summed E-state index contributed by atoms with van der Waals surface area (Å²) in [5, 5.41) is 3.03. The van der Waals surface area contributed by atoms with Crippen LogP contribution in [0.15, 0.2) is 53.4 Å². The Labute approximate surface area is 173 Å². The normalized spacial score (nSPS) is 19.1. The Hall–Kier alpha value is -1.94. The van der Waals surface area contributed by atoms with E-state index in [2.05, 4.69) is 79.5 Å². The molecule has 1 heterocycles. The number of hydrogen-bond acceptors (Lipinski definition) is 3. The van der Waals surface area contributed by atoms with Gasteiger partial charge in [-0.3, -0.25) is 4.79 Å². The summed E-state index contributed by atoms with van der Waals surface area (Å²) in [6.45, 7) is 10.7. The lowest BCUT2D eigenvalue weighted by Gasteiger charge is -2.33. The van der Waals surface area contributed by atoms with Crippen LogP contribution in [-0.2, 0) is 4.79 Å². The number of nitrogens with zero attached hydrogens (tertiary/aromatic N) is 1. The Bertz CT molecular complexity index is 772. The minimum atomic E-state index is -0.126. The second kappa shape index (κ2) is 9.51. The number of hydrogen-bond donors (Lipinski definition) is 1. The molecule has 3 nitrogen and oxygen atoms in total. The predicted octanol–water partition coefficient (Wildman–Crippen LogP) is 5.59. The molecular weight excluding hydrogens is 364 g/mol. The maximum absolute atomic E-state index is 12.6. The Morgan fingerprint density at radius 1 is 1.11 bits per heavy atom. The number of aryl methyl sites for hydroxylation is 1. The van der Waals surface area contributed by atoms with Crippen molar-refractivity contribution in [2.24, 2.45) is 5.92 Å². The molecule has 1 aliphatic rings. The Kier molecular flexibility index (Phi) is 7.06. The van der Waals surface area contributed by atoms with Gasteiger partial charge in [-0.05, 0) is 69.4 Å². The average molecular weight is 397 g/mol. The fourth-order valence-corrected chi connectivity index (χ4v) is 4.56. The largest absolute Gasteiger partial charge is 0.371 e. The molecular formula is C24H32N2OS. The van der Waals surface area contributed by atoms with Crippen LogP contribution in [-0.4, -0.2) is 24.2 Å². The molecule has 0 spiro atoms. The minimum absolute atomic E-state index is 0.00268. The molecule has 3 rings (SSSR count). The molecule has 150 valence electrons. The first-order valence-electron chi connectivity index (χ1n) is 10.3. The molecule has 0 radical (unpaired) electrons. The molecule has 1 aliphatic heterocycles. The second-order valence-electron chi connectivity index (χ2n) is 8.09. The molecule has 3 atom stereocenters. The van der Waals surface area contributed by atoms with Crippen molar-refractivity contribution in [3.8, 4) is 0 Å². The van der Waals surface area contributed by atoms with Crippen molar-refractivity contribution in [2.75, 3.05) is 18.0 Å². The first-order chi connectivity index (χ1) is 13.4. The summed E-state index contributed by atoms with van der Waals surface area (Å²) < 4.78 is 0. The molecule has 0 bridgehead atoms. The Balaban J connectivity index is 1.55. The number of rotatable bonds is 6. The lowest BCUT2D eigenvalue weighted by molar-refractivity contribution is -0.120. The fourth-order valence-electron chi connectivity index (χ4n) is 3.69. The van der Waals surface area contributed by atoms with E-state index in [0.717, 1.165) is 29.5 Å². The van der Waals surface area contributed by atoms with Crippen LogP contribution in [0.25, 0.3) is 0 Å². The molecule has 4 heteroatoms. The molecule has 0 aromatic heterocycles. The number of carbonyl (C=O) groups excluding carboxylic acids is 1. The van der Waals surface area contributed by atoms with Gasteiger partial charge >= 0.3 is 0 Å². The van der Waals surface area contributed by atoms with E-state index in [9.17, 15) is 4.79 Å². The topological polar surface area (TPSA) is 32.3 Å². The van der Waals surface area contributed by atoms with Crippen molar-refractivity contribution in [3.63, 3.8) is 0 Å². The highest BCUT2D eigenvalue weighted by molar-refractivity contribution is 8.00. The van der Waals surface area contributed by atoms with Crippen molar-refractivity contribution >= 4 is 23.4 Å². The van der Waals surface area contributed by atoms with Gasteiger partial charge in [0.15, 0.2) is 0 Å². The highest BCUT2D eigenvalue weighted by Crippen LogP contribution is 2.26. The van der Waals surface area contributed by atoms with E-state index in [1.54, 1.807) is 11.8 Å². The maximum atomic E-state index is 12.6. The molecule has 0 aliphatic carbocycles. The standard InChI is InChI=1S/C24H32N2OS/c1-17-7-13-23(14-8-17)28-20(4)24(27)25-19(3)21-9-11-22(12-10-21)26-15-5-6-18(2)16-26/h7-14,18-20H,5-6,15-16H2,1-4H3,(H,25,27)/t18-,19-,20+/m1/s1. The third-order valence-electron chi connectivity index (χ3n) is 5.48. The molecule has 0 unspecified atom stereocenters. The zero-order chi connectivity index (χ0) is 20.1. The molecule has 2 aromatic rings. The van der Waals surface area contributed by atoms with Gasteiger partial charge in [0.25, 0.3) is 0 Å². The van der Waals surface area contributed by atoms with Crippen molar-refractivity contribution < 1.29 is 4.79 Å². The minimum Gasteiger partial charge on any atom is -0.371 e. The van der Waals surface area contributed by atoms with Gasteiger partial charge in [0.05, 0.1) is 11.3 Å². The van der Waals surface area contributed by atoms with E-state index in [1.165, 1.54) is 24.1 Å². The van der Waals surface area contributed by atoms with E-state index in [1.807, 2.05) is 6.92 Å².